The lowest BCUT2D eigenvalue weighted by atomic mass is 9.70. The topological polar surface area (TPSA) is 46.5 Å². The molecule has 0 radical (unpaired) electrons. The summed E-state index contributed by atoms with van der Waals surface area (Å²) in [5, 5.41) is 9.83. The molecule has 21 heavy (non-hydrogen) atoms. The maximum atomic E-state index is 12.4. The maximum absolute atomic E-state index is 12.4. The number of phenols is 1. The van der Waals surface area contributed by atoms with Crippen molar-refractivity contribution in [2.75, 3.05) is 0 Å². The van der Waals surface area contributed by atoms with Gasteiger partial charge < -0.3 is 9.84 Å². The number of carbonyl (C=O) groups is 1. The van der Waals surface area contributed by atoms with Gasteiger partial charge >= 0.3 is 5.97 Å². The molecule has 0 saturated heterocycles. The molecular weight excluding hydrogens is 288 g/mol. The molecule has 1 aromatic carbocycles. The van der Waals surface area contributed by atoms with Gasteiger partial charge in [0.25, 0.3) is 0 Å². The summed E-state index contributed by atoms with van der Waals surface area (Å²) in [4.78, 5) is 12.4. The Hall–Kier alpha value is -1.22. The summed E-state index contributed by atoms with van der Waals surface area (Å²) in [6, 6.07) is 4.34. The molecule has 2 fully saturated rings. The molecule has 0 spiro atoms. The molecule has 0 aliphatic heterocycles. The third-order valence-corrected chi connectivity index (χ3v) is 6.46. The van der Waals surface area contributed by atoms with Crippen LogP contribution in [-0.2, 0) is 4.74 Å². The number of fused-ring (bicyclic) bond motifs is 2. The third-order valence-electron chi connectivity index (χ3n) is 6.13. The molecule has 2 aliphatic carbocycles. The number of esters is 1. The standard InChI is InChI=1S/C17H21ClO3/c1-16(2)10-6-7-17(16,3)14(8-10)21-15(20)12-9-11(19)4-5-13(12)18/h4-5,9-10,14,19H,6-8H2,1-3H3. The summed E-state index contributed by atoms with van der Waals surface area (Å²) in [6.45, 7) is 6.78. The van der Waals surface area contributed by atoms with Gasteiger partial charge in [0.1, 0.15) is 11.9 Å². The van der Waals surface area contributed by atoms with Crippen LogP contribution in [0, 0.1) is 16.7 Å². The smallest absolute Gasteiger partial charge is 0.340 e. The number of hydrogen-bond donors (Lipinski definition) is 1. The molecule has 3 atom stereocenters. The number of benzene rings is 1. The van der Waals surface area contributed by atoms with Crippen molar-refractivity contribution >= 4 is 17.6 Å². The van der Waals surface area contributed by atoms with Crippen molar-refractivity contribution in [2.45, 2.75) is 46.1 Å². The van der Waals surface area contributed by atoms with Gasteiger partial charge in [0.15, 0.2) is 0 Å². The Morgan fingerprint density at radius 3 is 2.67 bits per heavy atom. The second kappa shape index (κ2) is 4.64. The van der Waals surface area contributed by atoms with E-state index in [0.29, 0.717) is 10.9 Å². The predicted molar refractivity (Wildman–Crippen MR) is 81.5 cm³/mol. The van der Waals surface area contributed by atoms with Crippen LogP contribution >= 0.6 is 11.6 Å². The van der Waals surface area contributed by atoms with E-state index in [9.17, 15) is 9.90 Å². The molecule has 4 heteroatoms. The Morgan fingerprint density at radius 2 is 2.10 bits per heavy atom. The minimum atomic E-state index is -0.439. The molecule has 1 N–H and O–H groups in total. The second-order valence-electron chi connectivity index (χ2n) is 7.17. The van der Waals surface area contributed by atoms with E-state index in [4.69, 9.17) is 16.3 Å². The quantitative estimate of drug-likeness (QED) is 0.823. The van der Waals surface area contributed by atoms with Crippen molar-refractivity contribution in [3.8, 4) is 5.75 Å². The van der Waals surface area contributed by atoms with Crippen molar-refractivity contribution in [3.05, 3.63) is 28.8 Å². The highest BCUT2D eigenvalue weighted by Crippen LogP contribution is 2.66. The van der Waals surface area contributed by atoms with Crippen LogP contribution in [0.25, 0.3) is 0 Å². The van der Waals surface area contributed by atoms with E-state index in [0.717, 1.165) is 12.8 Å². The van der Waals surface area contributed by atoms with Crippen LogP contribution in [0.3, 0.4) is 0 Å². The maximum Gasteiger partial charge on any atom is 0.340 e. The lowest BCUT2D eigenvalue weighted by Gasteiger charge is -2.38. The monoisotopic (exact) mass is 308 g/mol. The number of phenolic OH excluding ortho intramolecular Hbond substituents is 1. The fraction of sp³-hybridized carbons (Fsp3) is 0.588. The average molecular weight is 309 g/mol. The average Bonchev–Trinajstić information content (AvgIpc) is 2.74. The highest BCUT2D eigenvalue weighted by atomic mass is 35.5. The number of ether oxygens (including phenoxy) is 1. The molecule has 3 nitrogen and oxygen atoms in total. The molecule has 2 saturated carbocycles. The lowest BCUT2D eigenvalue weighted by molar-refractivity contribution is -0.0242. The Morgan fingerprint density at radius 1 is 1.38 bits per heavy atom. The van der Waals surface area contributed by atoms with E-state index in [2.05, 4.69) is 20.8 Å². The zero-order chi connectivity index (χ0) is 15.4. The van der Waals surface area contributed by atoms with Crippen molar-refractivity contribution < 1.29 is 14.6 Å². The van der Waals surface area contributed by atoms with Crippen LogP contribution in [0.5, 0.6) is 5.75 Å². The van der Waals surface area contributed by atoms with Crippen LogP contribution in [0.4, 0.5) is 0 Å². The Balaban J connectivity index is 1.82. The summed E-state index contributed by atoms with van der Waals surface area (Å²) in [7, 11) is 0. The Bertz CT molecular complexity index is 596. The number of aromatic hydroxyl groups is 1. The summed E-state index contributed by atoms with van der Waals surface area (Å²) >= 11 is 6.03. The van der Waals surface area contributed by atoms with E-state index >= 15 is 0 Å². The van der Waals surface area contributed by atoms with Crippen molar-refractivity contribution in [1.82, 2.24) is 0 Å². The minimum absolute atomic E-state index is 0.0193. The minimum Gasteiger partial charge on any atom is -0.508 e. The van der Waals surface area contributed by atoms with Gasteiger partial charge in [-0.25, -0.2) is 4.79 Å². The predicted octanol–water partition coefficient (Wildman–Crippen LogP) is 4.42. The largest absolute Gasteiger partial charge is 0.508 e. The highest BCUT2D eigenvalue weighted by molar-refractivity contribution is 6.33. The van der Waals surface area contributed by atoms with E-state index in [1.165, 1.54) is 24.6 Å². The molecule has 3 rings (SSSR count). The number of carbonyl (C=O) groups excluding carboxylic acids is 1. The summed E-state index contributed by atoms with van der Waals surface area (Å²) < 4.78 is 5.77. The van der Waals surface area contributed by atoms with Gasteiger partial charge in [0.05, 0.1) is 10.6 Å². The van der Waals surface area contributed by atoms with Gasteiger partial charge in [-0.05, 0) is 48.8 Å². The molecule has 0 amide bonds. The van der Waals surface area contributed by atoms with Crippen molar-refractivity contribution in [1.29, 1.82) is 0 Å². The lowest BCUT2D eigenvalue weighted by Crippen LogP contribution is -2.38. The fourth-order valence-corrected chi connectivity index (χ4v) is 4.37. The molecular formula is C17H21ClO3. The van der Waals surface area contributed by atoms with Gasteiger partial charge in [0.2, 0.25) is 0 Å². The first-order chi connectivity index (χ1) is 9.75. The zero-order valence-electron chi connectivity index (χ0n) is 12.6. The fourth-order valence-electron chi connectivity index (χ4n) is 4.17. The first-order valence-corrected chi connectivity index (χ1v) is 7.83. The van der Waals surface area contributed by atoms with Crippen LogP contribution in [-0.4, -0.2) is 17.2 Å². The van der Waals surface area contributed by atoms with Crippen molar-refractivity contribution in [2.24, 2.45) is 16.7 Å². The molecule has 3 unspecified atom stereocenters. The molecule has 1 aromatic rings. The van der Waals surface area contributed by atoms with Crippen molar-refractivity contribution in [3.63, 3.8) is 0 Å². The van der Waals surface area contributed by atoms with Crippen LogP contribution < -0.4 is 0 Å². The molecule has 0 aromatic heterocycles. The van der Waals surface area contributed by atoms with Gasteiger partial charge in [-0.15, -0.1) is 0 Å². The Labute approximate surface area is 130 Å². The van der Waals surface area contributed by atoms with E-state index in [1.807, 2.05) is 0 Å². The summed E-state index contributed by atoms with van der Waals surface area (Å²) in [5.74, 6) is 0.191. The third kappa shape index (κ3) is 2.05. The van der Waals surface area contributed by atoms with Crippen LogP contribution in [0.2, 0.25) is 5.02 Å². The highest BCUT2D eigenvalue weighted by Gasteiger charge is 2.62. The molecule has 2 aliphatic rings. The second-order valence-corrected chi connectivity index (χ2v) is 7.58. The first kappa shape index (κ1) is 14.7. The summed E-state index contributed by atoms with van der Waals surface area (Å²) in [6.07, 6.45) is 3.16. The van der Waals surface area contributed by atoms with Gasteiger partial charge in [-0.1, -0.05) is 32.4 Å². The molecule has 0 heterocycles. The van der Waals surface area contributed by atoms with Gasteiger partial charge in [-0.2, -0.15) is 0 Å². The molecule has 114 valence electrons. The molecule has 2 bridgehead atoms. The van der Waals surface area contributed by atoms with Gasteiger partial charge in [-0.3, -0.25) is 0 Å². The van der Waals surface area contributed by atoms with Gasteiger partial charge in [0, 0.05) is 5.41 Å². The summed E-state index contributed by atoms with van der Waals surface area (Å²) in [5.41, 5.74) is 0.456. The zero-order valence-corrected chi connectivity index (χ0v) is 13.4. The number of rotatable bonds is 2. The SMILES string of the molecule is CC1(C)C2CCC1(C)C(OC(=O)c1cc(O)ccc1Cl)C2. The van der Waals surface area contributed by atoms with E-state index in [-0.39, 0.29) is 28.2 Å². The normalized spacial score (nSPS) is 33.1. The van der Waals surface area contributed by atoms with Crippen LogP contribution in [0.1, 0.15) is 50.4 Å². The van der Waals surface area contributed by atoms with E-state index < -0.39 is 5.97 Å². The Kier molecular flexibility index (Phi) is 3.25. The first-order valence-electron chi connectivity index (χ1n) is 7.45. The number of hydrogen-bond acceptors (Lipinski definition) is 3. The number of halogens is 1. The van der Waals surface area contributed by atoms with Crippen LogP contribution in [0.15, 0.2) is 18.2 Å². The van der Waals surface area contributed by atoms with E-state index in [1.54, 1.807) is 0 Å².